The van der Waals surface area contributed by atoms with Crippen LogP contribution in [-0.4, -0.2) is 78.5 Å². The van der Waals surface area contributed by atoms with Crippen molar-refractivity contribution >= 4 is 41.1 Å². The zero-order valence-electron chi connectivity index (χ0n) is 26.4. The average molecular weight is 637 g/mol. The van der Waals surface area contributed by atoms with Gasteiger partial charge in [-0.15, -0.1) is 0 Å². The van der Waals surface area contributed by atoms with Crippen LogP contribution >= 0.6 is 11.6 Å². The molecule has 0 radical (unpaired) electrons. The maximum absolute atomic E-state index is 13.7. The van der Waals surface area contributed by atoms with E-state index in [2.05, 4.69) is 26.6 Å². The van der Waals surface area contributed by atoms with E-state index in [1.807, 2.05) is 0 Å². The predicted molar refractivity (Wildman–Crippen MR) is 169 cm³/mol. The predicted octanol–water partition coefficient (Wildman–Crippen LogP) is 0.621. The summed E-state index contributed by atoms with van der Waals surface area (Å²) in [4.78, 5) is 68.7. The van der Waals surface area contributed by atoms with E-state index in [9.17, 15) is 24.0 Å². The van der Waals surface area contributed by atoms with Crippen LogP contribution in [0.3, 0.4) is 0 Å². The summed E-state index contributed by atoms with van der Waals surface area (Å²) >= 11 is 6.07. The molecule has 0 spiro atoms. The third-order valence-corrected chi connectivity index (χ3v) is 7.92. The van der Waals surface area contributed by atoms with Crippen LogP contribution in [0.4, 0.5) is 0 Å². The number of carbonyl (C=O) groups excluding carboxylic acids is 5. The summed E-state index contributed by atoms with van der Waals surface area (Å²) < 4.78 is 0. The van der Waals surface area contributed by atoms with E-state index in [4.69, 9.17) is 23.1 Å². The molecule has 0 aromatic heterocycles. The van der Waals surface area contributed by atoms with Crippen molar-refractivity contribution in [3.05, 3.63) is 34.9 Å². The van der Waals surface area contributed by atoms with Crippen molar-refractivity contribution in [1.29, 1.82) is 0 Å². The number of rotatable bonds is 9. The molecule has 1 fully saturated rings. The number of carbonyl (C=O) groups is 5. The number of nitrogens with two attached hydrogens (primary N) is 2. The molecule has 0 aliphatic carbocycles. The van der Waals surface area contributed by atoms with E-state index < -0.39 is 47.7 Å². The van der Waals surface area contributed by atoms with Crippen molar-refractivity contribution < 1.29 is 24.0 Å². The molecule has 14 heteroatoms. The number of benzene rings is 1. The highest BCUT2D eigenvalue weighted by molar-refractivity contribution is 6.30. The fourth-order valence-electron chi connectivity index (χ4n) is 4.78. The van der Waals surface area contributed by atoms with Gasteiger partial charge in [-0.05, 0) is 69.7 Å². The monoisotopic (exact) mass is 636 g/mol. The van der Waals surface area contributed by atoms with Crippen LogP contribution in [0.15, 0.2) is 24.3 Å². The maximum atomic E-state index is 13.7. The molecule has 4 unspecified atom stereocenters. The fourth-order valence-corrected chi connectivity index (χ4v) is 4.91. The summed E-state index contributed by atoms with van der Waals surface area (Å²) in [5.74, 6) is -2.67. The molecule has 0 bridgehead atoms. The zero-order chi connectivity index (χ0) is 33.0. The van der Waals surface area contributed by atoms with E-state index in [1.54, 1.807) is 59.0 Å². The fraction of sp³-hybridized carbons (Fsp3) is 0.633. The van der Waals surface area contributed by atoms with Crippen LogP contribution in [0.5, 0.6) is 0 Å². The van der Waals surface area contributed by atoms with E-state index in [0.29, 0.717) is 42.9 Å². The Morgan fingerprint density at radius 1 is 1.05 bits per heavy atom. The summed E-state index contributed by atoms with van der Waals surface area (Å²) in [5.41, 5.74) is 10.3. The zero-order valence-corrected chi connectivity index (χ0v) is 27.1. The lowest BCUT2D eigenvalue weighted by Gasteiger charge is -2.33. The molecule has 44 heavy (non-hydrogen) atoms. The molecular weight excluding hydrogens is 588 g/mol. The molecule has 1 aromatic carbocycles. The lowest BCUT2D eigenvalue weighted by molar-refractivity contribution is -0.138. The Kier molecular flexibility index (Phi) is 14.5. The summed E-state index contributed by atoms with van der Waals surface area (Å²) in [5, 5.41) is 14.6. The second-order valence-electron chi connectivity index (χ2n) is 11.8. The average Bonchev–Trinajstić information content (AvgIpc) is 2.97. The van der Waals surface area contributed by atoms with E-state index in [1.165, 1.54) is 4.90 Å². The smallest absolute Gasteiger partial charge is 0.249 e. The van der Waals surface area contributed by atoms with Crippen LogP contribution in [0.2, 0.25) is 5.02 Å². The van der Waals surface area contributed by atoms with Gasteiger partial charge in [-0.2, -0.15) is 0 Å². The van der Waals surface area contributed by atoms with Gasteiger partial charge in [0.1, 0.15) is 30.0 Å². The molecule has 5 amide bonds. The van der Waals surface area contributed by atoms with E-state index >= 15 is 0 Å². The van der Waals surface area contributed by atoms with Gasteiger partial charge in [-0.1, -0.05) is 44.5 Å². The van der Waals surface area contributed by atoms with Crippen LogP contribution in [0.1, 0.15) is 77.8 Å². The highest BCUT2D eigenvalue weighted by Gasteiger charge is 2.38. The van der Waals surface area contributed by atoms with Crippen LogP contribution in [0.25, 0.3) is 0 Å². The molecule has 2 rings (SSSR count). The largest absolute Gasteiger partial charge is 0.344 e. The molecule has 246 valence electrons. The van der Waals surface area contributed by atoms with Gasteiger partial charge < -0.3 is 37.6 Å². The third kappa shape index (κ3) is 11.0. The number of likely N-dealkylation sites (N-methyl/N-ethyl adjacent to an activating group) is 1. The number of nitrogens with zero attached hydrogens (tertiary/aromatic N) is 1. The number of halogens is 1. The Bertz CT molecular complexity index is 1150. The number of nitrogens with one attached hydrogen (secondary N) is 5. The maximum Gasteiger partial charge on any atom is 0.249 e. The lowest BCUT2D eigenvalue weighted by atomic mass is 9.91. The standard InChI is InChI=1S/C30H49ClN8O5/c1-6-21-25(41)37-23(19-11-13-20(31)14-12-19)27(43)39(5)17-8-7-15-30(4,38-24(40)18(2)3)28(44)36-22(26(42)35-21)10-9-16-34-29(32)33/h11-14,18,21-23,29,34H,6-10,15-17,32-33H2,1-5H3,(H,35,42)(H,36,44)(H,37,41)(H,38,40). The molecule has 13 nitrogen and oxygen atoms in total. The summed E-state index contributed by atoms with van der Waals surface area (Å²) in [7, 11) is 1.64. The normalized spacial score (nSPS) is 24.6. The number of amides is 5. The van der Waals surface area contributed by atoms with Crippen molar-refractivity contribution in [2.75, 3.05) is 20.1 Å². The second kappa shape index (κ2) is 17.3. The van der Waals surface area contributed by atoms with Gasteiger partial charge in [0.15, 0.2) is 0 Å². The number of hydrogen-bond acceptors (Lipinski definition) is 8. The van der Waals surface area contributed by atoms with Gasteiger partial charge >= 0.3 is 0 Å². The summed E-state index contributed by atoms with van der Waals surface area (Å²) in [6.45, 7) is 7.54. The Morgan fingerprint density at radius 2 is 1.68 bits per heavy atom. The second-order valence-corrected chi connectivity index (χ2v) is 12.2. The highest BCUT2D eigenvalue weighted by Crippen LogP contribution is 2.21. The molecule has 1 aromatic rings. The minimum atomic E-state index is -1.33. The first-order chi connectivity index (χ1) is 20.7. The molecule has 1 aliphatic heterocycles. The van der Waals surface area contributed by atoms with Gasteiger partial charge in [0.05, 0.1) is 0 Å². The Balaban J connectivity index is 2.46. The highest BCUT2D eigenvalue weighted by atomic mass is 35.5. The SMILES string of the molecule is CCC1NC(=O)C(CCCNC(N)N)NC(=O)C(C)(NC(=O)C(C)C)CCCCN(C)C(=O)C(c2ccc(Cl)cc2)NC1=O. The topological polar surface area (TPSA) is 201 Å². The van der Waals surface area contributed by atoms with Gasteiger partial charge in [0.25, 0.3) is 0 Å². The number of hydrogen-bond donors (Lipinski definition) is 7. The molecule has 1 saturated heterocycles. The quantitative estimate of drug-likeness (QED) is 0.151. The minimum absolute atomic E-state index is 0.209. The molecule has 4 atom stereocenters. The summed E-state index contributed by atoms with van der Waals surface area (Å²) in [6.07, 6.45) is 1.41. The van der Waals surface area contributed by atoms with Crippen molar-refractivity contribution in [3.8, 4) is 0 Å². The Morgan fingerprint density at radius 3 is 2.27 bits per heavy atom. The van der Waals surface area contributed by atoms with E-state index in [-0.39, 0.29) is 37.0 Å². The molecule has 0 saturated carbocycles. The molecule has 1 aliphatic rings. The van der Waals surface area contributed by atoms with Crippen LogP contribution in [0, 0.1) is 5.92 Å². The Hall–Kier alpha value is -3.26. The van der Waals surface area contributed by atoms with Gasteiger partial charge in [0.2, 0.25) is 29.5 Å². The molecule has 1 heterocycles. The third-order valence-electron chi connectivity index (χ3n) is 7.67. The first kappa shape index (κ1) is 36.9. The summed E-state index contributed by atoms with van der Waals surface area (Å²) in [6, 6.07) is 3.59. The van der Waals surface area contributed by atoms with Crippen molar-refractivity contribution in [1.82, 2.24) is 31.5 Å². The van der Waals surface area contributed by atoms with E-state index in [0.717, 1.165) is 0 Å². The lowest BCUT2D eigenvalue weighted by Crippen LogP contribution is -2.62. The van der Waals surface area contributed by atoms with Crippen LogP contribution < -0.4 is 38.1 Å². The van der Waals surface area contributed by atoms with Gasteiger partial charge in [-0.25, -0.2) is 0 Å². The van der Waals surface area contributed by atoms with Gasteiger partial charge in [0, 0.05) is 24.5 Å². The first-order valence-corrected chi connectivity index (χ1v) is 15.5. The first-order valence-electron chi connectivity index (χ1n) is 15.2. The van der Waals surface area contributed by atoms with Crippen molar-refractivity contribution in [2.24, 2.45) is 17.4 Å². The van der Waals surface area contributed by atoms with Gasteiger partial charge in [-0.3, -0.25) is 29.3 Å². The molecule has 9 N–H and O–H groups in total. The Labute approximate surface area is 264 Å². The van der Waals surface area contributed by atoms with Crippen molar-refractivity contribution in [2.45, 2.75) is 96.2 Å². The minimum Gasteiger partial charge on any atom is -0.344 e. The van der Waals surface area contributed by atoms with Crippen LogP contribution in [-0.2, 0) is 24.0 Å². The van der Waals surface area contributed by atoms with Crippen molar-refractivity contribution in [3.63, 3.8) is 0 Å². The molecular formula is C30H49ClN8O5.